The van der Waals surface area contributed by atoms with Crippen LogP contribution in [0.1, 0.15) is 23.6 Å². The lowest BCUT2D eigenvalue weighted by Gasteiger charge is -2.25. The summed E-state index contributed by atoms with van der Waals surface area (Å²) in [5, 5.41) is 10.6. The number of esters is 1. The summed E-state index contributed by atoms with van der Waals surface area (Å²) < 4.78 is 10.6. The van der Waals surface area contributed by atoms with E-state index >= 15 is 0 Å². The number of hydrogen-bond acceptors (Lipinski definition) is 7. The van der Waals surface area contributed by atoms with E-state index in [1.54, 1.807) is 24.3 Å². The van der Waals surface area contributed by atoms with Crippen LogP contribution in [0.3, 0.4) is 0 Å². The minimum atomic E-state index is -0.768. The van der Waals surface area contributed by atoms with Crippen molar-refractivity contribution in [3.63, 3.8) is 0 Å². The molecule has 1 amide bonds. The molecule has 1 aliphatic rings. The highest BCUT2D eigenvalue weighted by Gasteiger charge is 2.43. The van der Waals surface area contributed by atoms with Crippen molar-refractivity contribution in [2.75, 3.05) is 5.75 Å². The second kappa shape index (κ2) is 7.61. The lowest BCUT2D eigenvalue weighted by Crippen LogP contribution is -2.42. The van der Waals surface area contributed by atoms with Gasteiger partial charge in [-0.15, -0.1) is 11.8 Å². The summed E-state index contributed by atoms with van der Waals surface area (Å²) >= 11 is 1.40. The summed E-state index contributed by atoms with van der Waals surface area (Å²) in [4.78, 5) is 36.5. The number of nitro benzene ring substituents is 1. The zero-order valence-corrected chi connectivity index (χ0v) is 14.7. The number of amides is 1. The molecule has 1 fully saturated rings. The minimum absolute atomic E-state index is 0.113. The molecule has 0 N–H and O–H groups in total. The fourth-order valence-electron chi connectivity index (χ4n) is 2.78. The molecule has 0 spiro atoms. The molecule has 2 atom stereocenters. The van der Waals surface area contributed by atoms with Crippen molar-refractivity contribution < 1.29 is 23.7 Å². The van der Waals surface area contributed by atoms with Crippen molar-refractivity contribution in [1.82, 2.24) is 4.90 Å². The van der Waals surface area contributed by atoms with Gasteiger partial charge in [0, 0.05) is 18.7 Å². The molecule has 8 nitrogen and oxygen atoms in total. The average molecular weight is 376 g/mol. The molecular weight excluding hydrogens is 360 g/mol. The number of ether oxygens (including phenoxy) is 1. The van der Waals surface area contributed by atoms with E-state index in [1.165, 1.54) is 42.0 Å². The maximum absolute atomic E-state index is 12.5. The summed E-state index contributed by atoms with van der Waals surface area (Å²) in [6.07, 6.45) is 1.51. The molecule has 1 aliphatic heterocycles. The monoisotopic (exact) mass is 376 g/mol. The fraction of sp³-hybridized carbons (Fsp3) is 0.294. The molecule has 2 heterocycles. The van der Waals surface area contributed by atoms with Crippen molar-refractivity contribution in [3.8, 4) is 0 Å². The molecule has 0 aliphatic carbocycles. The Hall–Kier alpha value is -2.81. The third-order valence-electron chi connectivity index (χ3n) is 3.98. The van der Waals surface area contributed by atoms with Gasteiger partial charge in [-0.2, -0.15) is 0 Å². The minimum Gasteiger partial charge on any atom is -0.466 e. The number of hydrogen-bond donors (Lipinski definition) is 0. The van der Waals surface area contributed by atoms with Gasteiger partial charge in [-0.25, -0.2) is 4.79 Å². The summed E-state index contributed by atoms with van der Waals surface area (Å²) in [6.45, 7) is 1.15. The fourth-order valence-corrected chi connectivity index (χ4v) is 4.20. The van der Waals surface area contributed by atoms with E-state index in [0.717, 1.165) is 0 Å². The van der Waals surface area contributed by atoms with Gasteiger partial charge in [0.2, 0.25) is 5.91 Å². The van der Waals surface area contributed by atoms with E-state index in [1.807, 2.05) is 0 Å². The summed E-state index contributed by atoms with van der Waals surface area (Å²) in [5.74, 6) is 0.0730. The molecule has 0 bridgehead atoms. The number of nitro groups is 1. The quantitative estimate of drug-likeness (QED) is 0.449. The third kappa shape index (κ3) is 3.57. The van der Waals surface area contributed by atoms with Gasteiger partial charge in [-0.3, -0.25) is 14.9 Å². The van der Waals surface area contributed by atoms with Crippen LogP contribution >= 0.6 is 11.8 Å². The van der Waals surface area contributed by atoms with Gasteiger partial charge in [-0.05, 0) is 18.2 Å². The number of nitrogens with zero attached hydrogens (tertiary/aromatic N) is 2. The standard InChI is InChI=1S/C17H16N2O6S/c1-11(20)18-14(10-26-16(18)15-7-4-8-24-15)17(21)25-9-12-5-2-3-6-13(12)19(22)23/h2-8,14,16H,9-10H2,1H3/t14-,16-/m1/s1. The highest BCUT2D eigenvalue weighted by molar-refractivity contribution is 7.99. The lowest BCUT2D eigenvalue weighted by atomic mass is 10.2. The van der Waals surface area contributed by atoms with Crippen molar-refractivity contribution in [2.24, 2.45) is 0 Å². The van der Waals surface area contributed by atoms with E-state index in [2.05, 4.69) is 0 Å². The first-order chi connectivity index (χ1) is 12.5. The van der Waals surface area contributed by atoms with Gasteiger partial charge in [-0.1, -0.05) is 12.1 Å². The molecule has 1 aromatic heterocycles. The molecule has 3 rings (SSSR count). The van der Waals surface area contributed by atoms with Crippen LogP contribution in [0.5, 0.6) is 0 Å². The predicted octanol–water partition coefficient (Wildman–Crippen LogP) is 2.89. The first-order valence-electron chi connectivity index (χ1n) is 7.82. The molecule has 0 unspecified atom stereocenters. The summed E-state index contributed by atoms with van der Waals surface area (Å²) in [6, 6.07) is 8.75. The van der Waals surface area contributed by atoms with Crippen molar-refractivity contribution >= 4 is 29.3 Å². The zero-order chi connectivity index (χ0) is 18.7. The van der Waals surface area contributed by atoms with Crippen LogP contribution < -0.4 is 0 Å². The number of thioether (sulfide) groups is 1. The lowest BCUT2D eigenvalue weighted by molar-refractivity contribution is -0.385. The van der Waals surface area contributed by atoms with Crippen LogP contribution in [-0.2, 0) is 20.9 Å². The topological polar surface area (TPSA) is 103 Å². The molecule has 2 aromatic rings. The van der Waals surface area contributed by atoms with Gasteiger partial charge in [0.15, 0.2) is 0 Å². The van der Waals surface area contributed by atoms with Crippen LogP contribution in [0.15, 0.2) is 47.1 Å². The van der Waals surface area contributed by atoms with Crippen LogP contribution in [0, 0.1) is 10.1 Å². The number of benzene rings is 1. The maximum Gasteiger partial charge on any atom is 0.330 e. The third-order valence-corrected chi connectivity index (χ3v) is 5.26. The van der Waals surface area contributed by atoms with E-state index < -0.39 is 22.3 Å². The Morgan fingerprint density at radius 2 is 2.12 bits per heavy atom. The van der Waals surface area contributed by atoms with Crippen LogP contribution in [0.25, 0.3) is 0 Å². The Morgan fingerprint density at radius 1 is 1.35 bits per heavy atom. The Morgan fingerprint density at radius 3 is 2.77 bits per heavy atom. The highest BCUT2D eigenvalue weighted by Crippen LogP contribution is 2.41. The van der Waals surface area contributed by atoms with Gasteiger partial charge >= 0.3 is 5.97 Å². The highest BCUT2D eigenvalue weighted by atomic mass is 32.2. The molecule has 9 heteroatoms. The number of carbonyl (C=O) groups excluding carboxylic acids is 2. The van der Waals surface area contributed by atoms with Crippen molar-refractivity contribution in [2.45, 2.75) is 24.9 Å². The number of furan rings is 1. The van der Waals surface area contributed by atoms with Crippen LogP contribution in [-0.4, -0.2) is 33.5 Å². The molecule has 1 aromatic carbocycles. The average Bonchev–Trinajstić information content (AvgIpc) is 3.28. The maximum atomic E-state index is 12.5. The normalized spacial score (nSPS) is 19.3. The first kappa shape index (κ1) is 18.0. The second-order valence-corrected chi connectivity index (χ2v) is 6.75. The van der Waals surface area contributed by atoms with E-state index in [4.69, 9.17) is 9.15 Å². The predicted molar refractivity (Wildman–Crippen MR) is 93.1 cm³/mol. The van der Waals surface area contributed by atoms with Gasteiger partial charge in [0.25, 0.3) is 5.69 Å². The SMILES string of the molecule is CC(=O)N1[C@@H](C(=O)OCc2ccccc2[N+](=O)[O-])CS[C@@H]1c1ccco1. The number of carbonyl (C=O) groups is 2. The molecule has 1 saturated heterocycles. The molecule has 136 valence electrons. The smallest absolute Gasteiger partial charge is 0.330 e. The van der Waals surface area contributed by atoms with E-state index in [-0.39, 0.29) is 18.2 Å². The zero-order valence-electron chi connectivity index (χ0n) is 13.9. The van der Waals surface area contributed by atoms with Crippen molar-refractivity contribution in [1.29, 1.82) is 0 Å². The first-order valence-corrected chi connectivity index (χ1v) is 8.86. The number of para-hydroxylation sites is 1. The van der Waals surface area contributed by atoms with Crippen molar-refractivity contribution in [3.05, 3.63) is 64.1 Å². The summed E-state index contributed by atoms with van der Waals surface area (Å²) in [5.41, 5.74) is 0.187. The van der Waals surface area contributed by atoms with Gasteiger partial charge in [0.1, 0.15) is 23.8 Å². The molecule has 26 heavy (non-hydrogen) atoms. The molecule has 0 saturated carbocycles. The van der Waals surface area contributed by atoms with E-state index in [9.17, 15) is 19.7 Å². The van der Waals surface area contributed by atoms with Crippen LogP contribution in [0.2, 0.25) is 0 Å². The number of rotatable bonds is 5. The molecule has 0 radical (unpaired) electrons. The Balaban J connectivity index is 1.72. The van der Waals surface area contributed by atoms with E-state index in [0.29, 0.717) is 17.1 Å². The van der Waals surface area contributed by atoms with Gasteiger partial charge in [0.05, 0.1) is 16.7 Å². The summed E-state index contributed by atoms with van der Waals surface area (Å²) in [7, 11) is 0. The largest absolute Gasteiger partial charge is 0.466 e. The van der Waals surface area contributed by atoms with Gasteiger partial charge < -0.3 is 14.1 Å². The Bertz CT molecular complexity index is 822. The Kier molecular flexibility index (Phi) is 5.27. The Labute approximate surface area is 153 Å². The second-order valence-electron chi connectivity index (χ2n) is 5.64. The van der Waals surface area contributed by atoms with Crippen LogP contribution in [0.4, 0.5) is 5.69 Å². The molecular formula is C17H16N2O6S.